The molecule has 0 saturated carbocycles. The maximum absolute atomic E-state index is 12.6. The summed E-state index contributed by atoms with van der Waals surface area (Å²) in [6.07, 6.45) is 1.55. The number of carbonyl (C=O) groups excluding carboxylic acids is 1. The van der Waals surface area contributed by atoms with E-state index in [4.69, 9.17) is 4.74 Å². The zero-order valence-corrected chi connectivity index (χ0v) is 16.2. The SMILES string of the molecule is COc1ccc2c(c1)[C@H](C)N(C(=O)NCCCn1c(C)cccc1=O)CC2. The Labute approximate surface area is 159 Å². The molecule has 0 radical (unpaired) electrons. The van der Waals surface area contributed by atoms with Crippen LogP contribution < -0.4 is 15.6 Å². The molecule has 0 bridgehead atoms. The molecule has 1 aromatic heterocycles. The van der Waals surface area contributed by atoms with Gasteiger partial charge >= 0.3 is 6.03 Å². The number of hydrogen-bond acceptors (Lipinski definition) is 3. The Balaban J connectivity index is 1.56. The zero-order chi connectivity index (χ0) is 19.4. The highest BCUT2D eigenvalue weighted by atomic mass is 16.5. The number of amides is 2. The van der Waals surface area contributed by atoms with Gasteiger partial charge in [-0.25, -0.2) is 4.79 Å². The van der Waals surface area contributed by atoms with Gasteiger partial charge in [-0.05, 0) is 56.0 Å². The van der Waals surface area contributed by atoms with Crippen molar-refractivity contribution in [3.63, 3.8) is 0 Å². The number of urea groups is 1. The van der Waals surface area contributed by atoms with Crippen LogP contribution in [0.15, 0.2) is 41.2 Å². The van der Waals surface area contributed by atoms with Crippen LogP contribution in [0, 0.1) is 6.92 Å². The standard InChI is InChI=1S/C21H27N3O3/c1-15-6-4-7-20(25)23(15)12-5-11-22-21(26)24-13-10-17-8-9-18(27-3)14-19(17)16(24)2/h4,6-9,14,16H,5,10-13H2,1-3H3,(H,22,26)/t16-/m0/s1. The molecule has 0 aliphatic carbocycles. The number of fused-ring (bicyclic) bond motifs is 1. The van der Waals surface area contributed by atoms with Crippen molar-refractivity contribution in [3.05, 3.63) is 63.6 Å². The van der Waals surface area contributed by atoms with E-state index in [2.05, 4.69) is 11.4 Å². The highest BCUT2D eigenvalue weighted by Gasteiger charge is 2.27. The highest BCUT2D eigenvalue weighted by Crippen LogP contribution is 2.32. The summed E-state index contributed by atoms with van der Waals surface area (Å²) in [5, 5.41) is 2.99. The number of hydrogen-bond donors (Lipinski definition) is 1. The number of rotatable bonds is 5. The first-order valence-corrected chi connectivity index (χ1v) is 9.39. The van der Waals surface area contributed by atoms with Gasteiger partial charge in [0.05, 0.1) is 13.2 Å². The van der Waals surface area contributed by atoms with E-state index in [0.717, 1.165) is 23.4 Å². The van der Waals surface area contributed by atoms with Gasteiger partial charge in [-0.2, -0.15) is 0 Å². The molecule has 0 saturated heterocycles. The molecule has 1 N–H and O–H groups in total. The fourth-order valence-electron chi connectivity index (χ4n) is 3.64. The van der Waals surface area contributed by atoms with Gasteiger partial charge in [0.2, 0.25) is 0 Å². The molecule has 0 spiro atoms. The second kappa shape index (κ2) is 8.29. The molecule has 2 heterocycles. The number of ether oxygens (including phenoxy) is 1. The Morgan fingerprint density at radius 1 is 1.30 bits per heavy atom. The molecule has 1 atom stereocenters. The van der Waals surface area contributed by atoms with E-state index >= 15 is 0 Å². The molecule has 27 heavy (non-hydrogen) atoms. The maximum atomic E-state index is 12.6. The molecule has 1 aliphatic rings. The maximum Gasteiger partial charge on any atom is 0.317 e. The lowest BCUT2D eigenvalue weighted by Crippen LogP contribution is -2.45. The van der Waals surface area contributed by atoms with Gasteiger partial charge in [-0.1, -0.05) is 12.1 Å². The average Bonchev–Trinajstić information content (AvgIpc) is 2.67. The number of nitrogens with one attached hydrogen (secondary N) is 1. The number of aryl methyl sites for hydroxylation is 1. The first-order chi connectivity index (χ1) is 13.0. The van der Waals surface area contributed by atoms with E-state index in [1.807, 2.05) is 36.9 Å². The molecule has 3 rings (SSSR count). The molecule has 6 nitrogen and oxygen atoms in total. The van der Waals surface area contributed by atoms with Crippen molar-refractivity contribution >= 4 is 6.03 Å². The summed E-state index contributed by atoms with van der Waals surface area (Å²) in [6, 6.07) is 11.3. The van der Waals surface area contributed by atoms with Crippen LogP contribution >= 0.6 is 0 Å². The molecule has 0 unspecified atom stereocenters. The average molecular weight is 369 g/mol. The van der Waals surface area contributed by atoms with E-state index in [9.17, 15) is 9.59 Å². The summed E-state index contributed by atoms with van der Waals surface area (Å²) in [7, 11) is 1.65. The van der Waals surface area contributed by atoms with Gasteiger partial charge in [-0.3, -0.25) is 4.79 Å². The molecule has 1 aromatic carbocycles. The Hall–Kier alpha value is -2.76. The third-order valence-corrected chi connectivity index (χ3v) is 5.26. The predicted octanol–water partition coefficient (Wildman–Crippen LogP) is 2.88. The second-order valence-corrected chi connectivity index (χ2v) is 6.93. The molecule has 2 amide bonds. The topological polar surface area (TPSA) is 63.6 Å². The fraction of sp³-hybridized carbons (Fsp3) is 0.429. The van der Waals surface area contributed by atoms with E-state index in [1.165, 1.54) is 5.56 Å². The normalized spacial score (nSPS) is 16.0. The highest BCUT2D eigenvalue weighted by molar-refractivity contribution is 5.75. The quantitative estimate of drug-likeness (QED) is 0.825. The second-order valence-electron chi connectivity index (χ2n) is 6.93. The molecular weight excluding hydrogens is 342 g/mol. The molecule has 1 aliphatic heterocycles. The van der Waals surface area contributed by atoms with Crippen LogP contribution in [-0.4, -0.2) is 35.7 Å². The molecule has 6 heteroatoms. The predicted molar refractivity (Wildman–Crippen MR) is 105 cm³/mol. The minimum absolute atomic E-state index is 0.00263. The van der Waals surface area contributed by atoms with Crippen LogP contribution in [0.3, 0.4) is 0 Å². The van der Waals surface area contributed by atoms with Gasteiger partial charge in [-0.15, -0.1) is 0 Å². The summed E-state index contributed by atoms with van der Waals surface area (Å²) in [6.45, 7) is 5.80. The smallest absolute Gasteiger partial charge is 0.317 e. The van der Waals surface area contributed by atoms with E-state index in [-0.39, 0.29) is 17.6 Å². The Morgan fingerprint density at radius 3 is 2.85 bits per heavy atom. The third kappa shape index (κ3) is 4.15. The lowest BCUT2D eigenvalue weighted by atomic mass is 9.93. The van der Waals surface area contributed by atoms with Gasteiger partial charge < -0.3 is 19.5 Å². The first kappa shape index (κ1) is 19.0. The van der Waals surface area contributed by atoms with Crippen LogP contribution in [0.2, 0.25) is 0 Å². The van der Waals surface area contributed by atoms with Gasteiger partial charge in [0, 0.05) is 31.4 Å². The molecule has 0 fully saturated rings. The van der Waals surface area contributed by atoms with E-state index in [1.54, 1.807) is 23.8 Å². The summed E-state index contributed by atoms with van der Waals surface area (Å²) in [5.74, 6) is 0.812. The Bertz CT molecular complexity index is 875. The van der Waals surface area contributed by atoms with Gasteiger partial charge in [0.15, 0.2) is 0 Å². The van der Waals surface area contributed by atoms with Crippen molar-refractivity contribution in [2.45, 2.75) is 39.3 Å². The van der Waals surface area contributed by atoms with Crippen LogP contribution in [0.5, 0.6) is 5.75 Å². The first-order valence-electron chi connectivity index (χ1n) is 9.39. The lowest BCUT2D eigenvalue weighted by molar-refractivity contribution is 0.174. The van der Waals surface area contributed by atoms with Crippen molar-refractivity contribution in [2.24, 2.45) is 0 Å². The van der Waals surface area contributed by atoms with Crippen molar-refractivity contribution in [1.82, 2.24) is 14.8 Å². The largest absolute Gasteiger partial charge is 0.497 e. The number of nitrogens with zero attached hydrogens (tertiary/aromatic N) is 2. The van der Waals surface area contributed by atoms with Crippen LogP contribution in [0.1, 0.15) is 36.2 Å². The summed E-state index contributed by atoms with van der Waals surface area (Å²) >= 11 is 0. The summed E-state index contributed by atoms with van der Waals surface area (Å²) < 4.78 is 7.05. The van der Waals surface area contributed by atoms with Crippen molar-refractivity contribution in [3.8, 4) is 5.75 Å². The number of aromatic nitrogens is 1. The minimum Gasteiger partial charge on any atom is -0.497 e. The zero-order valence-electron chi connectivity index (χ0n) is 16.2. The number of benzene rings is 1. The summed E-state index contributed by atoms with van der Waals surface area (Å²) in [4.78, 5) is 26.4. The lowest BCUT2D eigenvalue weighted by Gasteiger charge is -2.35. The molecule has 2 aromatic rings. The van der Waals surface area contributed by atoms with E-state index < -0.39 is 0 Å². The number of methoxy groups -OCH3 is 1. The molecular formula is C21H27N3O3. The number of carbonyl (C=O) groups is 1. The number of pyridine rings is 1. The monoisotopic (exact) mass is 369 g/mol. The van der Waals surface area contributed by atoms with Gasteiger partial charge in [0.1, 0.15) is 5.75 Å². The minimum atomic E-state index is -0.0619. The third-order valence-electron chi connectivity index (χ3n) is 5.26. The Kier molecular flexibility index (Phi) is 5.84. The van der Waals surface area contributed by atoms with E-state index in [0.29, 0.717) is 26.1 Å². The van der Waals surface area contributed by atoms with Crippen molar-refractivity contribution in [1.29, 1.82) is 0 Å². The summed E-state index contributed by atoms with van der Waals surface area (Å²) in [5.41, 5.74) is 3.34. The molecule has 144 valence electrons. The van der Waals surface area contributed by atoms with Crippen molar-refractivity contribution < 1.29 is 9.53 Å². The van der Waals surface area contributed by atoms with Crippen LogP contribution in [-0.2, 0) is 13.0 Å². The van der Waals surface area contributed by atoms with Gasteiger partial charge in [0.25, 0.3) is 5.56 Å². The fourth-order valence-corrected chi connectivity index (χ4v) is 3.64. The van der Waals surface area contributed by atoms with Crippen LogP contribution in [0.4, 0.5) is 4.79 Å². The van der Waals surface area contributed by atoms with Crippen LogP contribution in [0.25, 0.3) is 0 Å². The van der Waals surface area contributed by atoms with Crippen molar-refractivity contribution in [2.75, 3.05) is 20.2 Å². The Morgan fingerprint density at radius 2 is 2.11 bits per heavy atom.